The van der Waals surface area contributed by atoms with Crippen molar-refractivity contribution in [3.8, 4) is 0 Å². The van der Waals surface area contributed by atoms with Crippen molar-refractivity contribution in [1.82, 2.24) is 4.98 Å². The molecule has 0 spiro atoms. The number of nitrogens with one attached hydrogen (secondary N) is 2. The standard InChI is InChI=1S/C14H23F2N3O/c1-4-6-10(9-20-3)18-14-12(16)8-11(15)13(19-14)17-7-5-2/h8,10H,4-7,9H2,1-3H3,(H2,17,18,19). The highest BCUT2D eigenvalue weighted by atomic mass is 19.1. The fourth-order valence-electron chi connectivity index (χ4n) is 1.88. The molecule has 0 aliphatic heterocycles. The second kappa shape index (κ2) is 8.68. The predicted octanol–water partition coefficient (Wildman–Crippen LogP) is 3.41. The van der Waals surface area contributed by atoms with E-state index in [0.29, 0.717) is 13.2 Å². The fourth-order valence-corrected chi connectivity index (χ4v) is 1.88. The van der Waals surface area contributed by atoms with Gasteiger partial charge in [-0.05, 0) is 12.8 Å². The molecule has 1 heterocycles. The molecule has 114 valence electrons. The molecule has 1 atom stereocenters. The Hall–Kier alpha value is -1.43. The minimum Gasteiger partial charge on any atom is -0.383 e. The van der Waals surface area contributed by atoms with E-state index in [1.165, 1.54) is 0 Å². The summed E-state index contributed by atoms with van der Waals surface area (Å²) in [6, 6.07) is 0.805. The Labute approximate surface area is 118 Å². The molecule has 0 amide bonds. The molecule has 1 unspecified atom stereocenters. The van der Waals surface area contributed by atoms with Gasteiger partial charge in [0.1, 0.15) is 0 Å². The van der Waals surface area contributed by atoms with Gasteiger partial charge in [-0.15, -0.1) is 0 Å². The van der Waals surface area contributed by atoms with Gasteiger partial charge in [-0.2, -0.15) is 0 Å². The van der Waals surface area contributed by atoms with E-state index in [1.54, 1.807) is 7.11 Å². The van der Waals surface area contributed by atoms with Crippen LogP contribution in [-0.4, -0.2) is 31.3 Å². The lowest BCUT2D eigenvalue weighted by Gasteiger charge is -2.19. The number of hydrogen-bond acceptors (Lipinski definition) is 4. The Bertz CT molecular complexity index is 410. The van der Waals surface area contributed by atoms with Crippen molar-refractivity contribution in [3.05, 3.63) is 17.7 Å². The second-order valence-corrected chi connectivity index (χ2v) is 4.66. The van der Waals surface area contributed by atoms with Crippen molar-refractivity contribution in [2.24, 2.45) is 0 Å². The van der Waals surface area contributed by atoms with Crippen LogP contribution in [0.4, 0.5) is 20.4 Å². The number of aromatic nitrogens is 1. The molecular formula is C14H23F2N3O. The fraction of sp³-hybridized carbons (Fsp3) is 0.643. The number of nitrogens with zero attached hydrogens (tertiary/aromatic N) is 1. The van der Waals surface area contributed by atoms with Crippen molar-refractivity contribution < 1.29 is 13.5 Å². The average Bonchev–Trinajstić information content (AvgIpc) is 2.41. The van der Waals surface area contributed by atoms with E-state index < -0.39 is 11.6 Å². The molecule has 0 aliphatic carbocycles. The minimum absolute atomic E-state index is 0.0449. The van der Waals surface area contributed by atoms with Crippen LogP contribution >= 0.6 is 0 Å². The van der Waals surface area contributed by atoms with Gasteiger partial charge in [-0.1, -0.05) is 20.3 Å². The first-order valence-electron chi connectivity index (χ1n) is 6.97. The average molecular weight is 287 g/mol. The third-order valence-electron chi connectivity index (χ3n) is 2.82. The third kappa shape index (κ3) is 4.92. The highest BCUT2D eigenvalue weighted by molar-refractivity contribution is 5.48. The van der Waals surface area contributed by atoms with E-state index in [-0.39, 0.29) is 17.7 Å². The molecule has 1 aromatic heterocycles. The van der Waals surface area contributed by atoms with Crippen LogP contribution in [0.2, 0.25) is 0 Å². The summed E-state index contributed by atoms with van der Waals surface area (Å²) in [6.07, 6.45) is 2.60. The molecular weight excluding hydrogens is 264 g/mol. The van der Waals surface area contributed by atoms with E-state index in [9.17, 15) is 8.78 Å². The van der Waals surface area contributed by atoms with Crippen LogP contribution in [0.5, 0.6) is 0 Å². The summed E-state index contributed by atoms with van der Waals surface area (Å²) in [5.74, 6) is -1.24. The van der Waals surface area contributed by atoms with Crippen molar-refractivity contribution in [3.63, 3.8) is 0 Å². The van der Waals surface area contributed by atoms with Crippen molar-refractivity contribution >= 4 is 11.6 Å². The van der Waals surface area contributed by atoms with Crippen LogP contribution in [0.15, 0.2) is 6.07 Å². The minimum atomic E-state index is -0.693. The number of ether oxygens (including phenoxy) is 1. The van der Waals surface area contributed by atoms with E-state index in [4.69, 9.17) is 4.74 Å². The maximum absolute atomic E-state index is 13.8. The van der Waals surface area contributed by atoms with Crippen LogP contribution in [0.3, 0.4) is 0 Å². The Morgan fingerprint density at radius 1 is 1.20 bits per heavy atom. The molecule has 0 saturated heterocycles. The Morgan fingerprint density at radius 2 is 1.90 bits per heavy atom. The molecule has 1 rings (SSSR count). The van der Waals surface area contributed by atoms with Gasteiger partial charge in [0.2, 0.25) is 0 Å². The zero-order chi connectivity index (χ0) is 15.0. The SMILES string of the molecule is CCCNc1nc(NC(CCC)COC)c(F)cc1F. The van der Waals surface area contributed by atoms with Crippen molar-refractivity contribution in [2.45, 2.75) is 39.2 Å². The van der Waals surface area contributed by atoms with Gasteiger partial charge >= 0.3 is 0 Å². The lowest BCUT2D eigenvalue weighted by atomic mass is 10.2. The lowest BCUT2D eigenvalue weighted by Crippen LogP contribution is -2.26. The molecule has 20 heavy (non-hydrogen) atoms. The molecule has 1 aromatic rings. The van der Waals surface area contributed by atoms with E-state index in [0.717, 1.165) is 25.3 Å². The van der Waals surface area contributed by atoms with E-state index in [1.807, 2.05) is 13.8 Å². The summed E-state index contributed by atoms with van der Waals surface area (Å²) in [5, 5.41) is 5.82. The molecule has 0 radical (unpaired) electrons. The number of rotatable bonds is 9. The van der Waals surface area contributed by atoms with Gasteiger partial charge in [0.15, 0.2) is 23.3 Å². The quantitative estimate of drug-likeness (QED) is 0.730. The predicted molar refractivity (Wildman–Crippen MR) is 77.1 cm³/mol. The molecule has 0 aliphatic rings. The van der Waals surface area contributed by atoms with Crippen LogP contribution in [-0.2, 0) is 4.74 Å². The highest BCUT2D eigenvalue weighted by Gasteiger charge is 2.15. The first-order chi connectivity index (χ1) is 9.62. The van der Waals surface area contributed by atoms with E-state index >= 15 is 0 Å². The van der Waals surface area contributed by atoms with Gasteiger partial charge in [-0.3, -0.25) is 0 Å². The second-order valence-electron chi connectivity index (χ2n) is 4.66. The normalized spacial score (nSPS) is 12.2. The summed E-state index contributed by atoms with van der Waals surface area (Å²) in [5.41, 5.74) is 0. The zero-order valence-electron chi connectivity index (χ0n) is 12.3. The molecule has 0 saturated carbocycles. The monoisotopic (exact) mass is 287 g/mol. The smallest absolute Gasteiger partial charge is 0.168 e. The van der Waals surface area contributed by atoms with Crippen molar-refractivity contribution in [2.75, 3.05) is 30.9 Å². The van der Waals surface area contributed by atoms with Crippen LogP contribution < -0.4 is 10.6 Å². The van der Waals surface area contributed by atoms with Gasteiger partial charge in [0.05, 0.1) is 12.6 Å². The summed E-state index contributed by atoms with van der Waals surface area (Å²) in [7, 11) is 1.59. The zero-order valence-corrected chi connectivity index (χ0v) is 12.3. The summed E-state index contributed by atoms with van der Waals surface area (Å²) in [6.45, 7) is 5.03. The first-order valence-corrected chi connectivity index (χ1v) is 6.97. The molecule has 0 fully saturated rings. The maximum atomic E-state index is 13.8. The van der Waals surface area contributed by atoms with Crippen LogP contribution in [0.25, 0.3) is 0 Å². The highest BCUT2D eigenvalue weighted by Crippen LogP contribution is 2.20. The molecule has 0 aromatic carbocycles. The van der Waals surface area contributed by atoms with Crippen LogP contribution in [0.1, 0.15) is 33.1 Å². The van der Waals surface area contributed by atoms with Gasteiger partial charge in [-0.25, -0.2) is 13.8 Å². The summed E-state index contributed by atoms with van der Waals surface area (Å²) >= 11 is 0. The number of hydrogen-bond donors (Lipinski definition) is 2. The number of anilines is 2. The number of halogens is 2. The molecule has 0 bridgehead atoms. The lowest BCUT2D eigenvalue weighted by molar-refractivity contribution is 0.182. The van der Waals surface area contributed by atoms with Gasteiger partial charge in [0, 0.05) is 19.7 Å². The van der Waals surface area contributed by atoms with Gasteiger partial charge in [0.25, 0.3) is 0 Å². The largest absolute Gasteiger partial charge is 0.383 e. The van der Waals surface area contributed by atoms with E-state index in [2.05, 4.69) is 15.6 Å². The third-order valence-corrected chi connectivity index (χ3v) is 2.82. The first kappa shape index (κ1) is 16.6. The molecule has 4 nitrogen and oxygen atoms in total. The summed E-state index contributed by atoms with van der Waals surface area (Å²) in [4.78, 5) is 3.99. The van der Waals surface area contributed by atoms with Crippen molar-refractivity contribution in [1.29, 1.82) is 0 Å². The Balaban J connectivity index is 2.86. The van der Waals surface area contributed by atoms with Crippen LogP contribution in [0, 0.1) is 11.6 Å². The maximum Gasteiger partial charge on any atom is 0.168 e. The summed E-state index contributed by atoms with van der Waals surface area (Å²) < 4.78 is 32.4. The molecule has 2 N–H and O–H groups in total. The Kier molecular flexibility index (Phi) is 7.22. The molecule has 6 heteroatoms. The Morgan fingerprint density at radius 3 is 2.50 bits per heavy atom. The van der Waals surface area contributed by atoms with Gasteiger partial charge < -0.3 is 15.4 Å². The topological polar surface area (TPSA) is 46.2 Å². The number of methoxy groups -OCH3 is 1. The number of pyridine rings is 1.